The molecule has 8 heteroatoms. The zero-order valence-corrected chi connectivity index (χ0v) is 13.7. The van der Waals surface area contributed by atoms with Gasteiger partial charge in [-0.1, -0.05) is 33.6 Å². The average Bonchev–Trinajstić information content (AvgIpc) is 2.81. The van der Waals surface area contributed by atoms with E-state index in [0.717, 1.165) is 12.8 Å². The Balaban J connectivity index is 2.62. The standard InChI is InChI=1S/C15H24N2O6/c1-4-6-7-22-15(21)17-12(9(3)5-2)14(20)23-10-8-11(18)16-13(10)19/h9-10,12H,4-8H2,1-3H3,(H,17,21)(H,16,18,19)/t9-,10?,12-/m0/s1. The third kappa shape index (κ3) is 5.88. The monoisotopic (exact) mass is 328 g/mol. The summed E-state index contributed by atoms with van der Waals surface area (Å²) >= 11 is 0. The highest BCUT2D eigenvalue weighted by molar-refractivity contribution is 6.05. The number of unbranched alkanes of at least 4 members (excludes halogenated alkanes) is 1. The van der Waals surface area contributed by atoms with Crippen LogP contribution in [-0.4, -0.2) is 42.6 Å². The lowest BCUT2D eigenvalue weighted by Gasteiger charge is -2.23. The second-order valence-electron chi connectivity index (χ2n) is 5.54. The van der Waals surface area contributed by atoms with E-state index in [4.69, 9.17) is 9.47 Å². The van der Waals surface area contributed by atoms with Crippen LogP contribution in [0.3, 0.4) is 0 Å². The van der Waals surface area contributed by atoms with E-state index in [1.165, 1.54) is 0 Å². The van der Waals surface area contributed by atoms with Crippen molar-refractivity contribution in [1.29, 1.82) is 0 Å². The van der Waals surface area contributed by atoms with Crippen molar-refractivity contribution >= 4 is 23.9 Å². The smallest absolute Gasteiger partial charge is 0.407 e. The third-order valence-electron chi connectivity index (χ3n) is 3.66. The summed E-state index contributed by atoms with van der Waals surface area (Å²) in [7, 11) is 0. The topological polar surface area (TPSA) is 111 Å². The number of ether oxygens (including phenoxy) is 2. The minimum Gasteiger partial charge on any atom is -0.450 e. The number of amides is 3. The van der Waals surface area contributed by atoms with Crippen molar-refractivity contribution < 1.29 is 28.7 Å². The molecule has 3 atom stereocenters. The Kier molecular flexibility index (Phi) is 7.50. The molecule has 2 N–H and O–H groups in total. The van der Waals surface area contributed by atoms with Crippen molar-refractivity contribution in [2.24, 2.45) is 5.92 Å². The van der Waals surface area contributed by atoms with Crippen molar-refractivity contribution in [3.8, 4) is 0 Å². The van der Waals surface area contributed by atoms with Crippen molar-refractivity contribution in [2.45, 2.75) is 58.6 Å². The van der Waals surface area contributed by atoms with Crippen LogP contribution >= 0.6 is 0 Å². The quantitative estimate of drug-likeness (QED) is 0.389. The summed E-state index contributed by atoms with van der Waals surface area (Å²) in [6, 6.07) is -0.933. The lowest BCUT2D eigenvalue weighted by Crippen LogP contribution is -2.47. The molecule has 0 aliphatic carbocycles. The van der Waals surface area contributed by atoms with Crippen LogP contribution in [0.15, 0.2) is 0 Å². The molecule has 130 valence electrons. The maximum Gasteiger partial charge on any atom is 0.407 e. The average molecular weight is 328 g/mol. The molecule has 1 unspecified atom stereocenters. The molecule has 0 aromatic rings. The van der Waals surface area contributed by atoms with Gasteiger partial charge in [0.2, 0.25) is 5.91 Å². The molecule has 0 aromatic heterocycles. The lowest BCUT2D eigenvalue weighted by atomic mass is 9.99. The zero-order chi connectivity index (χ0) is 17.4. The van der Waals surface area contributed by atoms with Crippen molar-refractivity contribution in [3.05, 3.63) is 0 Å². The number of esters is 1. The van der Waals surface area contributed by atoms with Gasteiger partial charge in [0.15, 0.2) is 6.10 Å². The van der Waals surface area contributed by atoms with Gasteiger partial charge in [-0.25, -0.2) is 9.59 Å². The Morgan fingerprint density at radius 1 is 1.35 bits per heavy atom. The van der Waals surface area contributed by atoms with E-state index >= 15 is 0 Å². The molecular weight excluding hydrogens is 304 g/mol. The Bertz CT molecular complexity index is 465. The van der Waals surface area contributed by atoms with E-state index in [0.29, 0.717) is 6.42 Å². The number of alkyl carbamates (subject to hydrolysis) is 1. The van der Waals surface area contributed by atoms with Crippen LogP contribution in [0.25, 0.3) is 0 Å². The van der Waals surface area contributed by atoms with Crippen LogP contribution in [0.5, 0.6) is 0 Å². The Morgan fingerprint density at radius 3 is 2.57 bits per heavy atom. The summed E-state index contributed by atoms with van der Waals surface area (Å²) in [5.41, 5.74) is 0. The van der Waals surface area contributed by atoms with E-state index in [1.54, 1.807) is 6.92 Å². The summed E-state index contributed by atoms with van der Waals surface area (Å²) in [5, 5.41) is 4.54. The van der Waals surface area contributed by atoms with Gasteiger partial charge in [0.1, 0.15) is 6.04 Å². The largest absolute Gasteiger partial charge is 0.450 e. The van der Waals surface area contributed by atoms with Crippen LogP contribution in [0.2, 0.25) is 0 Å². The number of nitrogens with one attached hydrogen (secondary N) is 2. The van der Waals surface area contributed by atoms with Crippen LogP contribution < -0.4 is 10.6 Å². The Labute approximate surface area is 135 Å². The van der Waals surface area contributed by atoms with Gasteiger partial charge in [0.25, 0.3) is 5.91 Å². The zero-order valence-electron chi connectivity index (χ0n) is 13.7. The van der Waals surface area contributed by atoms with Gasteiger partial charge in [-0.3, -0.25) is 14.9 Å². The molecule has 1 aliphatic heterocycles. The highest BCUT2D eigenvalue weighted by Crippen LogP contribution is 2.14. The molecule has 3 amide bonds. The number of carbonyl (C=O) groups excluding carboxylic acids is 4. The van der Waals surface area contributed by atoms with Gasteiger partial charge in [-0.2, -0.15) is 0 Å². The number of rotatable bonds is 8. The molecule has 0 spiro atoms. The number of imide groups is 1. The maximum absolute atomic E-state index is 12.2. The molecule has 1 rings (SSSR count). The predicted molar refractivity (Wildman–Crippen MR) is 80.3 cm³/mol. The summed E-state index contributed by atoms with van der Waals surface area (Å²) < 4.78 is 10.0. The van der Waals surface area contributed by atoms with Gasteiger partial charge in [-0.05, 0) is 12.3 Å². The first-order chi connectivity index (χ1) is 10.9. The molecule has 8 nitrogen and oxygen atoms in total. The second-order valence-corrected chi connectivity index (χ2v) is 5.54. The minimum absolute atomic E-state index is 0.196. The number of hydrogen-bond acceptors (Lipinski definition) is 6. The van der Waals surface area contributed by atoms with Gasteiger partial charge >= 0.3 is 12.1 Å². The van der Waals surface area contributed by atoms with Crippen molar-refractivity contribution in [3.63, 3.8) is 0 Å². The minimum atomic E-state index is -1.14. The molecule has 1 saturated heterocycles. The van der Waals surface area contributed by atoms with E-state index < -0.39 is 36.0 Å². The normalized spacial score (nSPS) is 19.7. The van der Waals surface area contributed by atoms with Gasteiger partial charge in [0.05, 0.1) is 13.0 Å². The summed E-state index contributed by atoms with van der Waals surface area (Å²) in [4.78, 5) is 46.5. The molecule has 1 aliphatic rings. The molecular formula is C15H24N2O6. The number of carbonyl (C=O) groups is 4. The van der Waals surface area contributed by atoms with Crippen LogP contribution in [-0.2, 0) is 23.9 Å². The highest BCUT2D eigenvalue weighted by Gasteiger charge is 2.37. The molecule has 1 heterocycles. The third-order valence-corrected chi connectivity index (χ3v) is 3.66. The summed E-state index contributed by atoms with van der Waals surface area (Å²) in [6.45, 7) is 5.87. The van der Waals surface area contributed by atoms with Crippen LogP contribution in [0.1, 0.15) is 46.5 Å². The fourth-order valence-corrected chi connectivity index (χ4v) is 1.99. The number of hydrogen-bond donors (Lipinski definition) is 2. The first-order valence-corrected chi connectivity index (χ1v) is 7.86. The molecule has 1 fully saturated rings. The fourth-order valence-electron chi connectivity index (χ4n) is 1.99. The van der Waals surface area contributed by atoms with Crippen LogP contribution in [0.4, 0.5) is 4.79 Å². The molecule has 23 heavy (non-hydrogen) atoms. The lowest BCUT2D eigenvalue weighted by molar-refractivity contribution is -0.157. The van der Waals surface area contributed by atoms with E-state index in [9.17, 15) is 19.2 Å². The first-order valence-electron chi connectivity index (χ1n) is 7.86. The Hall–Kier alpha value is -2.12. The SMILES string of the molecule is CCCCOC(=O)N[C@H](C(=O)OC1CC(=O)NC1=O)[C@@H](C)CC. The summed E-state index contributed by atoms with van der Waals surface area (Å²) in [5.74, 6) is -2.08. The van der Waals surface area contributed by atoms with Gasteiger partial charge in [0, 0.05) is 0 Å². The van der Waals surface area contributed by atoms with E-state index in [1.807, 2.05) is 13.8 Å². The molecule has 0 aromatic carbocycles. The highest BCUT2D eigenvalue weighted by atomic mass is 16.6. The molecule has 0 radical (unpaired) electrons. The second kappa shape index (κ2) is 9.12. The van der Waals surface area contributed by atoms with E-state index in [2.05, 4.69) is 10.6 Å². The van der Waals surface area contributed by atoms with Crippen LogP contribution in [0, 0.1) is 5.92 Å². The van der Waals surface area contributed by atoms with Crippen molar-refractivity contribution in [2.75, 3.05) is 6.61 Å². The van der Waals surface area contributed by atoms with Gasteiger partial charge in [-0.15, -0.1) is 0 Å². The Morgan fingerprint density at radius 2 is 2.04 bits per heavy atom. The fraction of sp³-hybridized carbons (Fsp3) is 0.733. The molecule has 0 saturated carbocycles. The summed E-state index contributed by atoms with van der Waals surface area (Å²) in [6.07, 6.45) is 0.196. The van der Waals surface area contributed by atoms with Crippen molar-refractivity contribution in [1.82, 2.24) is 10.6 Å². The van der Waals surface area contributed by atoms with E-state index in [-0.39, 0.29) is 18.9 Å². The predicted octanol–water partition coefficient (Wildman–Crippen LogP) is 0.886. The molecule has 0 bridgehead atoms. The maximum atomic E-state index is 12.2. The first kappa shape index (κ1) is 18.9. The van der Waals surface area contributed by atoms with Gasteiger partial charge < -0.3 is 14.8 Å².